The summed E-state index contributed by atoms with van der Waals surface area (Å²) in [5.41, 5.74) is 2.03. The molecule has 0 fully saturated rings. The highest BCUT2D eigenvalue weighted by atomic mass is 35.5. The lowest BCUT2D eigenvalue weighted by molar-refractivity contribution is -0.384. The van der Waals surface area contributed by atoms with Crippen LogP contribution in [0, 0.1) is 10.1 Å². The van der Waals surface area contributed by atoms with Gasteiger partial charge in [0.1, 0.15) is 0 Å². The van der Waals surface area contributed by atoms with Gasteiger partial charge in [-0.05, 0) is 41.5 Å². The number of non-ortho nitro benzene ring substituents is 1. The van der Waals surface area contributed by atoms with Gasteiger partial charge in [0.05, 0.1) is 22.4 Å². The first-order valence-corrected chi connectivity index (χ1v) is 9.61. The Labute approximate surface area is 181 Å². The molecular weight excluding hydrogens is 427 g/mol. The van der Waals surface area contributed by atoms with E-state index in [4.69, 9.17) is 23.2 Å². The summed E-state index contributed by atoms with van der Waals surface area (Å²) in [6.07, 6.45) is 0.877. The summed E-state index contributed by atoms with van der Waals surface area (Å²) in [6.45, 7) is 0. The Morgan fingerprint density at radius 2 is 1.63 bits per heavy atom. The molecule has 1 aliphatic heterocycles. The molecule has 1 N–H and O–H groups in total. The van der Waals surface area contributed by atoms with Gasteiger partial charge in [-0.1, -0.05) is 47.5 Å². The predicted octanol–water partition coefficient (Wildman–Crippen LogP) is 5.50. The quantitative estimate of drug-likeness (QED) is 0.329. The van der Waals surface area contributed by atoms with E-state index in [9.17, 15) is 14.9 Å². The van der Waals surface area contributed by atoms with Crippen LogP contribution in [0.3, 0.4) is 0 Å². The lowest BCUT2D eigenvalue weighted by Gasteiger charge is -2.34. The smallest absolute Gasteiger partial charge is 0.278 e. The van der Waals surface area contributed by atoms with Gasteiger partial charge in [0.2, 0.25) is 0 Å². The van der Waals surface area contributed by atoms with Crippen LogP contribution in [0.25, 0.3) is 0 Å². The van der Waals surface area contributed by atoms with Gasteiger partial charge in [0.25, 0.3) is 11.6 Å². The van der Waals surface area contributed by atoms with Gasteiger partial charge in [-0.25, -0.2) is 5.01 Å². The number of hydrogen-bond acceptors (Lipinski definition) is 5. The molecule has 1 atom stereocenters. The second-order valence-corrected chi connectivity index (χ2v) is 7.40. The van der Waals surface area contributed by atoms with Crippen LogP contribution in [-0.2, 0) is 0 Å². The van der Waals surface area contributed by atoms with Crippen molar-refractivity contribution < 1.29 is 9.72 Å². The van der Waals surface area contributed by atoms with Crippen LogP contribution in [-0.4, -0.2) is 22.1 Å². The molecule has 1 unspecified atom stereocenters. The Morgan fingerprint density at radius 3 is 2.27 bits per heavy atom. The zero-order valence-electron chi connectivity index (χ0n) is 15.3. The van der Waals surface area contributed by atoms with Crippen LogP contribution >= 0.6 is 23.2 Å². The van der Waals surface area contributed by atoms with Crippen molar-refractivity contribution in [1.82, 2.24) is 5.01 Å². The fraction of sp³-hybridized carbons (Fsp3) is 0.0476. The summed E-state index contributed by atoms with van der Waals surface area (Å²) in [7, 11) is 0. The minimum atomic E-state index is -0.673. The Hall–Kier alpha value is -3.42. The van der Waals surface area contributed by atoms with Crippen LogP contribution < -0.4 is 5.32 Å². The molecule has 1 heterocycles. The van der Waals surface area contributed by atoms with Gasteiger partial charge < -0.3 is 5.32 Å². The first-order valence-electron chi connectivity index (χ1n) is 8.86. The van der Waals surface area contributed by atoms with Crippen molar-refractivity contribution in [1.29, 1.82) is 0 Å². The number of fused-ring (bicyclic) bond motifs is 1. The van der Waals surface area contributed by atoms with E-state index in [1.807, 2.05) is 0 Å². The maximum Gasteiger partial charge on any atom is 0.278 e. The molecule has 3 aromatic rings. The largest absolute Gasteiger partial charge is 0.359 e. The van der Waals surface area contributed by atoms with Crippen molar-refractivity contribution in [2.24, 2.45) is 5.10 Å². The van der Waals surface area contributed by atoms with Gasteiger partial charge >= 0.3 is 0 Å². The van der Waals surface area contributed by atoms with E-state index in [2.05, 4.69) is 10.4 Å². The maximum absolute atomic E-state index is 13.2. The fourth-order valence-corrected chi connectivity index (χ4v) is 3.32. The third kappa shape index (κ3) is 3.98. The fourth-order valence-electron chi connectivity index (χ4n) is 3.07. The normalized spacial score (nSPS) is 15.7. The molecule has 7 nitrogen and oxygen atoms in total. The highest BCUT2D eigenvalue weighted by Crippen LogP contribution is 2.35. The zero-order chi connectivity index (χ0) is 21.3. The van der Waals surface area contributed by atoms with E-state index in [0.717, 1.165) is 11.1 Å². The van der Waals surface area contributed by atoms with E-state index in [1.165, 1.54) is 23.2 Å². The molecule has 1 amide bonds. The van der Waals surface area contributed by atoms with Gasteiger partial charge in [0, 0.05) is 22.2 Å². The lowest BCUT2D eigenvalue weighted by Crippen LogP contribution is -2.39. The minimum Gasteiger partial charge on any atom is -0.359 e. The summed E-state index contributed by atoms with van der Waals surface area (Å²) in [5, 5.41) is 21.1. The van der Waals surface area contributed by atoms with E-state index in [-0.39, 0.29) is 11.6 Å². The number of hydrazone groups is 1. The summed E-state index contributed by atoms with van der Waals surface area (Å²) >= 11 is 11.9. The standard InChI is InChI=1S/C21H14Cl2N4O3/c22-15-5-1-13(2-6-15)12-24-26-20(14-3-7-16(23)8-4-14)25-19-11-17(27(29)30)9-10-18(19)21(26)28/h1-12,20,25H/b24-12+. The molecule has 3 aromatic carbocycles. The van der Waals surface area contributed by atoms with Crippen LogP contribution in [0.4, 0.5) is 11.4 Å². The first-order chi connectivity index (χ1) is 14.4. The molecular formula is C21H14Cl2N4O3. The summed E-state index contributed by atoms with van der Waals surface area (Å²) in [6, 6.07) is 18.0. The van der Waals surface area contributed by atoms with Crippen LogP contribution in [0.15, 0.2) is 71.8 Å². The molecule has 0 bridgehead atoms. The Bertz CT molecular complexity index is 1150. The number of nitrogens with zero attached hydrogens (tertiary/aromatic N) is 3. The maximum atomic E-state index is 13.2. The zero-order valence-corrected chi connectivity index (χ0v) is 16.8. The molecule has 150 valence electrons. The second-order valence-electron chi connectivity index (χ2n) is 6.53. The number of nitro benzene ring substituents is 1. The summed E-state index contributed by atoms with van der Waals surface area (Å²) in [5.74, 6) is -0.385. The number of halogens is 2. The molecule has 9 heteroatoms. The van der Waals surface area contributed by atoms with Crippen molar-refractivity contribution in [3.8, 4) is 0 Å². The Balaban J connectivity index is 1.76. The first kappa shape index (κ1) is 19.9. The monoisotopic (exact) mass is 440 g/mol. The second kappa shape index (κ2) is 8.14. The van der Waals surface area contributed by atoms with Crippen LogP contribution in [0.1, 0.15) is 27.7 Å². The van der Waals surface area contributed by atoms with Crippen molar-refractivity contribution in [3.63, 3.8) is 0 Å². The number of hydrogen-bond donors (Lipinski definition) is 1. The third-order valence-corrected chi connectivity index (χ3v) is 5.08. The highest BCUT2D eigenvalue weighted by molar-refractivity contribution is 6.30. The van der Waals surface area contributed by atoms with Gasteiger partial charge in [-0.15, -0.1) is 0 Å². The van der Waals surface area contributed by atoms with E-state index in [1.54, 1.807) is 54.7 Å². The van der Waals surface area contributed by atoms with E-state index < -0.39 is 11.1 Å². The van der Waals surface area contributed by atoms with Crippen molar-refractivity contribution >= 4 is 46.7 Å². The van der Waals surface area contributed by atoms with Gasteiger partial charge in [0.15, 0.2) is 6.17 Å². The predicted molar refractivity (Wildman–Crippen MR) is 116 cm³/mol. The number of nitrogens with one attached hydrogen (secondary N) is 1. The molecule has 0 aliphatic carbocycles. The van der Waals surface area contributed by atoms with Gasteiger partial charge in [-0.2, -0.15) is 5.10 Å². The van der Waals surface area contributed by atoms with Crippen LogP contribution in [0.2, 0.25) is 10.0 Å². The van der Waals surface area contributed by atoms with E-state index >= 15 is 0 Å². The average Bonchev–Trinajstić information content (AvgIpc) is 2.74. The molecule has 0 saturated carbocycles. The molecule has 4 rings (SSSR count). The lowest BCUT2D eigenvalue weighted by atomic mass is 10.0. The van der Waals surface area contributed by atoms with Crippen molar-refractivity contribution in [2.45, 2.75) is 6.17 Å². The highest BCUT2D eigenvalue weighted by Gasteiger charge is 2.34. The van der Waals surface area contributed by atoms with Crippen molar-refractivity contribution in [3.05, 3.63) is 104 Å². The number of nitro groups is 1. The number of amides is 1. The number of carbonyl (C=O) groups excluding carboxylic acids is 1. The van der Waals surface area contributed by atoms with Gasteiger partial charge in [-0.3, -0.25) is 14.9 Å². The topological polar surface area (TPSA) is 87.8 Å². The molecule has 0 spiro atoms. The van der Waals surface area contributed by atoms with Crippen LogP contribution in [0.5, 0.6) is 0 Å². The van der Waals surface area contributed by atoms with E-state index in [0.29, 0.717) is 21.3 Å². The number of benzene rings is 3. The minimum absolute atomic E-state index is 0.109. The molecule has 1 aliphatic rings. The third-order valence-electron chi connectivity index (χ3n) is 4.58. The van der Waals surface area contributed by atoms with Crippen molar-refractivity contribution in [2.75, 3.05) is 5.32 Å². The summed E-state index contributed by atoms with van der Waals surface area (Å²) in [4.78, 5) is 23.8. The SMILES string of the molecule is O=C1c2ccc([N+](=O)[O-])cc2NC(c2ccc(Cl)cc2)N1/N=C/c1ccc(Cl)cc1. The summed E-state index contributed by atoms with van der Waals surface area (Å²) < 4.78 is 0. The Kier molecular flexibility index (Phi) is 5.39. The number of rotatable bonds is 4. The Morgan fingerprint density at radius 1 is 1.00 bits per heavy atom. The molecule has 0 aromatic heterocycles. The number of anilines is 1. The molecule has 0 saturated heterocycles. The molecule has 30 heavy (non-hydrogen) atoms. The average molecular weight is 441 g/mol. The number of carbonyl (C=O) groups is 1. The molecule has 0 radical (unpaired) electrons.